The third kappa shape index (κ3) is 18.0. The Labute approximate surface area is 155 Å². The first kappa shape index (κ1) is 27.7. The summed E-state index contributed by atoms with van der Waals surface area (Å²) >= 11 is 0. The van der Waals surface area contributed by atoms with Crippen LogP contribution in [0.25, 0.3) is 0 Å². The molecule has 0 spiro atoms. The molecule has 0 fully saturated rings. The Morgan fingerprint density at radius 1 is 1.16 bits per heavy atom. The number of hydrogen-bond donors (Lipinski definition) is 1. The molecule has 0 heterocycles. The molecule has 0 aliphatic heterocycles. The topological polar surface area (TPSA) is 24.4 Å². The van der Waals surface area contributed by atoms with Gasteiger partial charge in [0.05, 0.1) is 5.70 Å². The zero-order valence-electron chi connectivity index (χ0n) is 17.2. The number of benzene rings is 1. The van der Waals surface area contributed by atoms with Gasteiger partial charge in [0.15, 0.2) is 0 Å². The largest absolute Gasteiger partial charge is 0.279 e. The summed E-state index contributed by atoms with van der Waals surface area (Å²) < 4.78 is 12.8. The number of halogens is 1. The minimum absolute atomic E-state index is 0.0793. The minimum Gasteiger partial charge on any atom is -0.279 e. The average Bonchev–Trinajstić information content (AvgIpc) is 2.61. The van der Waals surface area contributed by atoms with Crippen LogP contribution in [0.4, 0.5) is 4.39 Å². The Morgan fingerprint density at radius 3 is 2.12 bits per heavy atom. The maximum Gasteiger partial charge on any atom is 0.126 e. The lowest BCUT2D eigenvalue weighted by molar-refractivity contribution is 0.607. The molecule has 1 N–H and O–H groups in total. The summed E-state index contributed by atoms with van der Waals surface area (Å²) in [6.07, 6.45) is 7.35. The van der Waals surface area contributed by atoms with Gasteiger partial charge in [0.25, 0.3) is 0 Å². The summed E-state index contributed by atoms with van der Waals surface area (Å²) in [5.41, 5.74) is 5.67. The molecule has 25 heavy (non-hydrogen) atoms. The molecule has 0 bridgehead atoms. The zero-order chi connectivity index (χ0) is 20.1. The van der Waals surface area contributed by atoms with Crippen molar-refractivity contribution in [2.75, 3.05) is 0 Å². The molecule has 0 saturated carbocycles. The van der Waals surface area contributed by atoms with Gasteiger partial charge < -0.3 is 0 Å². The van der Waals surface area contributed by atoms with Crippen LogP contribution in [0.3, 0.4) is 0 Å². The molecule has 0 aliphatic rings. The smallest absolute Gasteiger partial charge is 0.126 e. The number of aryl methyl sites for hydroxylation is 1. The first-order valence-corrected chi connectivity index (χ1v) is 8.97. The average molecular weight is 349 g/mol. The Bertz CT molecular complexity index is 499. The van der Waals surface area contributed by atoms with Gasteiger partial charge in [0.2, 0.25) is 0 Å². The number of hydrazone groups is 1. The second kappa shape index (κ2) is 21.8. The Morgan fingerprint density at radius 2 is 1.72 bits per heavy atom. The van der Waals surface area contributed by atoms with Gasteiger partial charge in [0, 0.05) is 6.72 Å². The molecule has 0 amide bonds. The van der Waals surface area contributed by atoms with Gasteiger partial charge >= 0.3 is 0 Å². The van der Waals surface area contributed by atoms with Gasteiger partial charge in [-0.15, -0.1) is 0 Å². The Hall–Kier alpha value is -2.16. The monoisotopic (exact) mass is 348 g/mol. The van der Waals surface area contributed by atoms with E-state index in [1.807, 2.05) is 72.8 Å². The van der Waals surface area contributed by atoms with Gasteiger partial charge in [-0.2, -0.15) is 5.10 Å². The summed E-state index contributed by atoms with van der Waals surface area (Å²) in [5.74, 6) is -0.0793. The first-order chi connectivity index (χ1) is 12.0. The maximum absolute atomic E-state index is 12.8. The van der Waals surface area contributed by atoms with E-state index in [1.165, 1.54) is 11.6 Å². The lowest BCUT2D eigenvalue weighted by Crippen LogP contribution is -2.01. The predicted molar refractivity (Wildman–Crippen MR) is 113 cm³/mol. The van der Waals surface area contributed by atoms with Crippen LogP contribution in [0, 0.1) is 5.82 Å². The molecule has 0 atom stereocenters. The summed E-state index contributed by atoms with van der Waals surface area (Å²) in [5, 5.41) is 3.55. The number of rotatable bonds is 6. The highest BCUT2D eigenvalue weighted by molar-refractivity contribution is 5.27. The van der Waals surface area contributed by atoms with E-state index in [2.05, 4.69) is 23.8 Å². The van der Waals surface area contributed by atoms with E-state index in [-0.39, 0.29) is 5.82 Å². The molecule has 0 saturated heterocycles. The number of nitrogens with zero attached hydrogens (tertiary/aromatic N) is 1. The highest BCUT2D eigenvalue weighted by Crippen LogP contribution is 2.07. The summed E-state index contributed by atoms with van der Waals surface area (Å²) in [6.45, 7) is 21.0. The van der Waals surface area contributed by atoms with Crippen molar-refractivity contribution in [1.29, 1.82) is 0 Å². The summed E-state index contributed by atoms with van der Waals surface area (Å²) in [7, 11) is 0. The number of hydrogen-bond acceptors (Lipinski definition) is 2. The fourth-order valence-electron chi connectivity index (χ4n) is 1.62. The van der Waals surface area contributed by atoms with Crippen molar-refractivity contribution in [2.24, 2.45) is 5.10 Å². The van der Waals surface area contributed by atoms with Crippen molar-refractivity contribution in [3.05, 3.63) is 71.7 Å². The van der Waals surface area contributed by atoms with Crippen LogP contribution in [0.1, 0.15) is 60.5 Å². The third-order valence-electron chi connectivity index (χ3n) is 2.43. The van der Waals surface area contributed by atoms with Gasteiger partial charge in [-0.25, -0.2) is 4.39 Å². The van der Waals surface area contributed by atoms with Crippen molar-refractivity contribution in [1.82, 2.24) is 5.43 Å². The minimum atomic E-state index is -0.0793. The van der Waals surface area contributed by atoms with Gasteiger partial charge in [0.1, 0.15) is 5.82 Å². The molecule has 0 aliphatic carbocycles. The predicted octanol–water partition coefficient (Wildman–Crippen LogP) is 7.06. The van der Waals surface area contributed by atoms with E-state index < -0.39 is 0 Å². The van der Waals surface area contributed by atoms with E-state index in [1.54, 1.807) is 12.1 Å². The first-order valence-electron chi connectivity index (χ1n) is 8.97. The highest BCUT2D eigenvalue weighted by atomic mass is 19.1. The summed E-state index contributed by atoms with van der Waals surface area (Å²) in [4.78, 5) is 0. The SMILES string of the molecule is C=C/C=C(\C=C(C)C)NN=C.CC.CC.CCCc1ccccc1F. The number of nitrogens with one attached hydrogen (secondary N) is 1. The molecule has 1 aromatic rings. The lowest BCUT2D eigenvalue weighted by atomic mass is 10.1. The molecule has 3 heteroatoms. The Kier molecular flexibility index (Phi) is 24.2. The van der Waals surface area contributed by atoms with Crippen molar-refractivity contribution >= 4 is 6.72 Å². The van der Waals surface area contributed by atoms with E-state index in [0.717, 1.165) is 24.1 Å². The van der Waals surface area contributed by atoms with Crippen LogP contribution < -0.4 is 5.43 Å². The van der Waals surface area contributed by atoms with Crippen LogP contribution in [0.15, 0.2) is 65.4 Å². The van der Waals surface area contributed by atoms with Crippen LogP contribution >= 0.6 is 0 Å². The van der Waals surface area contributed by atoms with Crippen molar-refractivity contribution in [3.63, 3.8) is 0 Å². The quantitative estimate of drug-likeness (QED) is 0.332. The maximum atomic E-state index is 12.8. The van der Waals surface area contributed by atoms with Crippen LogP contribution in [0.2, 0.25) is 0 Å². The third-order valence-corrected chi connectivity index (χ3v) is 2.43. The highest BCUT2D eigenvalue weighted by Gasteiger charge is 1.96. The van der Waals surface area contributed by atoms with Crippen molar-refractivity contribution in [3.8, 4) is 0 Å². The van der Waals surface area contributed by atoms with Crippen LogP contribution in [-0.2, 0) is 6.42 Å². The summed E-state index contributed by atoms with van der Waals surface area (Å²) in [6, 6.07) is 6.92. The van der Waals surface area contributed by atoms with E-state index in [4.69, 9.17) is 0 Å². The molecule has 1 aromatic carbocycles. The van der Waals surface area contributed by atoms with E-state index in [0.29, 0.717) is 0 Å². The zero-order valence-corrected chi connectivity index (χ0v) is 17.2. The fourth-order valence-corrected chi connectivity index (χ4v) is 1.62. The molecule has 0 aromatic heterocycles. The second-order valence-corrected chi connectivity index (χ2v) is 4.69. The molecule has 1 rings (SSSR count). The van der Waals surface area contributed by atoms with Gasteiger partial charge in [-0.05, 0) is 44.1 Å². The molecule has 142 valence electrons. The van der Waals surface area contributed by atoms with Gasteiger partial charge in [-0.1, -0.05) is 77.5 Å². The molecule has 0 unspecified atom stereocenters. The van der Waals surface area contributed by atoms with Crippen molar-refractivity contribution in [2.45, 2.75) is 61.3 Å². The van der Waals surface area contributed by atoms with E-state index in [9.17, 15) is 4.39 Å². The normalized spacial score (nSPS) is 8.88. The molecule has 0 radical (unpaired) electrons. The number of allylic oxidation sites excluding steroid dienone is 4. The standard InChI is InChI=1S/C9H11F.C9H14N2.2C2H6/c1-2-5-8-6-3-4-7-9(8)10;1-5-6-9(11-10-4)7-8(2)3;2*1-2/h3-4,6-7H,2,5H2,1H3;5-7,11H,1,4H2,2-3H3;2*1-2H3/b;9-6+;;. The molecular weight excluding hydrogens is 311 g/mol. The van der Waals surface area contributed by atoms with Gasteiger partial charge in [-0.3, -0.25) is 5.43 Å². The Balaban J connectivity index is -0.000000323. The molecule has 2 nitrogen and oxygen atoms in total. The fraction of sp³-hybridized carbons (Fsp3) is 0.409. The molecular formula is C22H37FN2. The van der Waals surface area contributed by atoms with Crippen molar-refractivity contribution < 1.29 is 4.39 Å². The second-order valence-electron chi connectivity index (χ2n) is 4.69. The van der Waals surface area contributed by atoms with Crippen LogP contribution in [0.5, 0.6) is 0 Å². The van der Waals surface area contributed by atoms with Crippen LogP contribution in [-0.4, -0.2) is 6.72 Å². The van der Waals surface area contributed by atoms with E-state index >= 15 is 0 Å². The lowest BCUT2D eigenvalue weighted by Gasteiger charge is -1.98.